The van der Waals surface area contributed by atoms with Crippen LogP contribution in [0.3, 0.4) is 0 Å². The third-order valence-corrected chi connectivity index (χ3v) is 2.54. The molecule has 0 amide bonds. The fraction of sp³-hybridized carbons (Fsp3) is 0.154. The van der Waals surface area contributed by atoms with Crippen molar-refractivity contribution in [3.05, 3.63) is 41.6 Å². The van der Waals surface area contributed by atoms with Crippen LogP contribution in [-0.4, -0.2) is 27.1 Å². The molecule has 0 spiro atoms. The largest absolute Gasteiger partial charge is 0.480 e. The molecule has 0 saturated heterocycles. The molecule has 18 heavy (non-hydrogen) atoms. The van der Waals surface area contributed by atoms with E-state index in [-0.39, 0.29) is 6.54 Å². The van der Waals surface area contributed by atoms with Gasteiger partial charge in [-0.25, -0.2) is 0 Å². The van der Waals surface area contributed by atoms with Crippen molar-refractivity contribution >= 4 is 12.3 Å². The van der Waals surface area contributed by atoms with E-state index in [1.165, 1.54) is 10.9 Å². The van der Waals surface area contributed by atoms with Crippen LogP contribution in [-0.2, 0) is 11.3 Å². The van der Waals surface area contributed by atoms with Crippen LogP contribution in [0.25, 0.3) is 11.3 Å². The number of rotatable bonds is 4. The molecule has 2 rings (SSSR count). The number of nitrogens with zero attached hydrogens (tertiary/aromatic N) is 2. The number of benzene rings is 1. The first kappa shape index (κ1) is 12.0. The Morgan fingerprint density at radius 2 is 2.06 bits per heavy atom. The van der Waals surface area contributed by atoms with Crippen molar-refractivity contribution in [1.82, 2.24) is 9.78 Å². The number of carboxylic acid groups (broad SMARTS) is 1. The molecule has 0 unspecified atom stereocenters. The number of hydrogen-bond donors (Lipinski definition) is 1. The first-order chi connectivity index (χ1) is 8.60. The predicted molar refractivity (Wildman–Crippen MR) is 65.4 cm³/mol. The third-order valence-electron chi connectivity index (χ3n) is 2.54. The van der Waals surface area contributed by atoms with Gasteiger partial charge in [-0.15, -0.1) is 0 Å². The molecule has 5 nitrogen and oxygen atoms in total. The summed E-state index contributed by atoms with van der Waals surface area (Å²) < 4.78 is 1.25. The summed E-state index contributed by atoms with van der Waals surface area (Å²) in [5.41, 5.74) is 2.80. The molecule has 0 saturated carbocycles. The molecule has 0 radical (unpaired) electrons. The van der Waals surface area contributed by atoms with Crippen LogP contribution in [0, 0.1) is 6.92 Å². The minimum absolute atomic E-state index is 0.257. The zero-order valence-electron chi connectivity index (χ0n) is 9.83. The van der Waals surface area contributed by atoms with Gasteiger partial charge < -0.3 is 5.11 Å². The van der Waals surface area contributed by atoms with Crippen LogP contribution in [0.2, 0.25) is 0 Å². The van der Waals surface area contributed by atoms with E-state index in [2.05, 4.69) is 5.10 Å². The lowest BCUT2D eigenvalue weighted by atomic mass is 10.1. The Morgan fingerprint density at radius 3 is 2.61 bits per heavy atom. The molecule has 92 valence electrons. The van der Waals surface area contributed by atoms with Crippen LogP contribution >= 0.6 is 0 Å². The van der Waals surface area contributed by atoms with Gasteiger partial charge in [0.1, 0.15) is 12.2 Å². The lowest BCUT2D eigenvalue weighted by Crippen LogP contribution is -2.08. The third kappa shape index (κ3) is 2.45. The maximum absolute atomic E-state index is 11.0. The average molecular weight is 244 g/mol. The molecule has 5 heteroatoms. The number of carboxylic acids is 1. The molecule has 1 heterocycles. The van der Waals surface area contributed by atoms with Crippen LogP contribution in [0.1, 0.15) is 15.9 Å². The number of aldehydes is 1. The Hall–Kier alpha value is -2.43. The zero-order chi connectivity index (χ0) is 13.1. The molecule has 2 aromatic rings. The number of carbonyl (C=O) groups is 2. The standard InChI is InChI=1S/C13H12N2O3/c1-9-2-4-10(5-3-9)13-11(8-16)6-15(14-13)7-12(17)18/h2-6,8H,7H2,1H3,(H,17,18). The maximum Gasteiger partial charge on any atom is 0.325 e. The Labute approximate surface area is 104 Å². The summed E-state index contributed by atoms with van der Waals surface area (Å²) in [7, 11) is 0. The monoisotopic (exact) mass is 244 g/mol. The first-order valence-corrected chi connectivity index (χ1v) is 5.41. The zero-order valence-corrected chi connectivity index (χ0v) is 9.83. The molecule has 0 aliphatic heterocycles. The van der Waals surface area contributed by atoms with Crippen LogP contribution < -0.4 is 0 Å². The van der Waals surface area contributed by atoms with E-state index < -0.39 is 5.97 Å². The minimum Gasteiger partial charge on any atom is -0.480 e. The highest BCUT2D eigenvalue weighted by Gasteiger charge is 2.11. The smallest absolute Gasteiger partial charge is 0.325 e. The van der Waals surface area contributed by atoms with Gasteiger partial charge in [-0.1, -0.05) is 29.8 Å². The Morgan fingerprint density at radius 1 is 1.39 bits per heavy atom. The van der Waals surface area contributed by atoms with E-state index in [0.717, 1.165) is 11.1 Å². The molecule has 0 aliphatic rings. The summed E-state index contributed by atoms with van der Waals surface area (Å²) in [4.78, 5) is 21.6. The molecule has 0 bridgehead atoms. The lowest BCUT2D eigenvalue weighted by molar-refractivity contribution is -0.137. The van der Waals surface area contributed by atoms with Gasteiger partial charge in [0.2, 0.25) is 0 Å². The average Bonchev–Trinajstić information content (AvgIpc) is 2.72. The summed E-state index contributed by atoms with van der Waals surface area (Å²) in [5.74, 6) is -0.995. The quantitative estimate of drug-likeness (QED) is 0.832. The van der Waals surface area contributed by atoms with Crippen molar-refractivity contribution in [2.24, 2.45) is 0 Å². The van der Waals surface area contributed by atoms with Gasteiger partial charge in [0.25, 0.3) is 0 Å². The highest BCUT2D eigenvalue weighted by molar-refractivity contribution is 5.85. The second-order valence-corrected chi connectivity index (χ2v) is 4.01. The highest BCUT2D eigenvalue weighted by Crippen LogP contribution is 2.21. The summed E-state index contributed by atoms with van der Waals surface area (Å²) in [6.07, 6.45) is 2.12. The molecule has 1 aromatic carbocycles. The molecular formula is C13H12N2O3. The van der Waals surface area contributed by atoms with E-state index >= 15 is 0 Å². The summed E-state index contributed by atoms with van der Waals surface area (Å²) in [6, 6.07) is 7.55. The number of hydrogen-bond acceptors (Lipinski definition) is 3. The van der Waals surface area contributed by atoms with E-state index in [0.29, 0.717) is 17.5 Å². The first-order valence-electron chi connectivity index (χ1n) is 5.41. The topological polar surface area (TPSA) is 72.2 Å². The molecule has 0 atom stereocenters. The number of aromatic nitrogens is 2. The Balaban J connectivity index is 2.42. The van der Waals surface area contributed by atoms with Gasteiger partial charge in [-0.2, -0.15) is 5.10 Å². The van der Waals surface area contributed by atoms with E-state index in [1.807, 2.05) is 31.2 Å². The number of carbonyl (C=O) groups excluding carboxylic acids is 1. The Kier molecular flexibility index (Phi) is 3.23. The number of aliphatic carboxylic acids is 1. The van der Waals surface area contributed by atoms with Gasteiger partial charge in [0.05, 0.1) is 5.56 Å². The van der Waals surface area contributed by atoms with Gasteiger partial charge in [-0.3, -0.25) is 14.3 Å². The van der Waals surface area contributed by atoms with Crippen molar-refractivity contribution in [2.45, 2.75) is 13.5 Å². The number of aryl methyl sites for hydroxylation is 1. The molecular weight excluding hydrogens is 232 g/mol. The SMILES string of the molecule is Cc1ccc(-c2nn(CC(=O)O)cc2C=O)cc1. The van der Waals surface area contributed by atoms with Crippen LogP contribution in [0.4, 0.5) is 0 Å². The normalized spacial score (nSPS) is 10.3. The molecule has 1 N–H and O–H groups in total. The van der Waals surface area contributed by atoms with E-state index in [1.54, 1.807) is 0 Å². The molecule has 0 fully saturated rings. The summed E-state index contributed by atoms with van der Waals surface area (Å²) >= 11 is 0. The summed E-state index contributed by atoms with van der Waals surface area (Å²) in [5, 5.41) is 12.8. The van der Waals surface area contributed by atoms with Gasteiger partial charge >= 0.3 is 5.97 Å². The van der Waals surface area contributed by atoms with Crippen LogP contribution in [0.5, 0.6) is 0 Å². The van der Waals surface area contributed by atoms with Gasteiger partial charge in [0, 0.05) is 11.8 Å². The van der Waals surface area contributed by atoms with Crippen molar-refractivity contribution < 1.29 is 14.7 Å². The molecule has 0 aliphatic carbocycles. The highest BCUT2D eigenvalue weighted by atomic mass is 16.4. The van der Waals surface area contributed by atoms with Crippen molar-refractivity contribution in [2.75, 3.05) is 0 Å². The van der Waals surface area contributed by atoms with E-state index in [9.17, 15) is 9.59 Å². The summed E-state index contributed by atoms with van der Waals surface area (Å²) in [6.45, 7) is 1.71. The van der Waals surface area contributed by atoms with Crippen molar-refractivity contribution in [1.29, 1.82) is 0 Å². The fourth-order valence-electron chi connectivity index (χ4n) is 1.68. The fourth-order valence-corrected chi connectivity index (χ4v) is 1.68. The molecule has 1 aromatic heterocycles. The van der Waals surface area contributed by atoms with E-state index in [4.69, 9.17) is 5.11 Å². The Bertz CT molecular complexity index is 585. The van der Waals surface area contributed by atoms with Gasteiger partial charge in [-0.05, 0) is 6.92 Å². The maximum atomic E-state index is 11.0. The lowest BCUT2D eigenvalue weighted by Gasteiger charge is -1.99. The van der Waals surface area contributed by atoms with Crippen molar-refractivity contribution in [3.63, 3.8) is 0 Å². The van der Waals surface area contributed by atoms with Gasteiger partial charge in [0.15, 0.2) is 6.29 Å². The second-order valence-electron chi connectivity index (χ2n) is 4.01. The second kappa shape index (κ2) is 4.83. The van der Waals surface area contributed by atoms with Crippen molar-refractivity contribution in [3.8, 4) is 11.3 Å². The predicted octanol–water partition coefficient (Wildman–Crippen LogP) is 1.76. The van der Waals surface area contributed by atoms with Crippen LogP contribution in [0.15, 0.2) is 30.5 Å². The minimum atomic E-state index is -0.995.